The first-order chi connectivity index (χ1) is 9.02. The van der Waals surface area contributed by atoms with Crippen LogP contribution >= 0.6 is 0 Å². The molecule has 1 amide bonds. The van der Waals surface area contributed by atoms with Crippen LogP contribution in [0.2, 0.25) is 0 Å². The first-order valence-corrected chi connectivity index (χ1v) is 7.09. The number of carbonyl (C=O) groups is 1. The van der Waals surface area contributed by atoms with E-state index in [0.29, 0.717) is 12.3 Å². The van der Waals surface area contributed by atoms with Crippen molar-refractivity contribution in [3.05, 3.63) is 29.3 Å². The Hall–Kier alpha value is -1.35. The number of nitrogens with one attached hydrogen (secondary N) is 1. The van der Waals surface area contributed by atoms with E-state index in [9.17, 15) is 4.79 Å². The number of aryl methyl sites for hydroxylation is 2. The highest BCUT2D eigenvalue weighted by atomic mass is 16.1. The van der Waals surface area contributed by atoms with E-state index < -0.39 is 0 Å². The van der Waals surface area contributed by atoms with Crippen LogP contribution in [0.1, 0.15) is 30.4 Å². The van der Waals surface area contributed by atoms with Crippen LogP contribution in [0.3, 0.4) is 0 Å². The molecule has 104 valence electrons. The Morgan fingerprint density at radius 1 is 1.32 bits per heavy atom. The van der Waals surface area contributed by atoms with E-state index in [0.717, 1.165) is 18.8 Å². The van der Waals surface area contributed by atoms with Crippen LogP contribution in [0.5, 0.6) is 0 Å². The van der Waals surface area contributed by atoms with Crippen molar-refractivity contribution in [2.45, 2.75) is 33.1 Å². The van der Waals surface area contributed by atoms with Gasteiger partial charge >= 0.3 is 0 Å². The summed E-state index contributed by atoms with van der Waals surface area (Å²) >= 11 is 0. The average molecular weight is 260 g/mol. The number of anilines is 1. The third-order valence-electron chi connectivity index (χ3n) is 3.70. The fourth-order valence-electron chi connectivity index (χ4n) is 2.96. The molecule has 0 saturated carbocycles. The van der Waals surface area contributed by atoms with Crippen molar-refractivity contribution in [1.29, 1.82) is 0 Å². The number of nitrogens with zero attached hydrogens (tertiary/aromatic N) is 1. The molecule has 1 fully saturated rings. The van der Waals surface area contributed by atoms with Crippen molar-refractivity contribution in [2.75, 3.05) is 25.5 Å². The molecular formula is C16H24N2O. The summed E-state index contributed by atoms with van der Waals surface area (Å²) in [5, 5.41) is 3.03. The highest BCUT2D eigenvalue weighted by Gasteiger charge is 2.19. The second-order valence-corrected chi connectivity index (χ2v) is 5.90. The van der Waals surface area contributed by atoms with Crippen LogP contribution in [0.4, 0.5) is 5.69 Å². The third kappa shape index (κ3) is 4.35. The maximum absolute atomic E-state index is 12.1. The van der Waals surface area contributed by atoms with Gasteiger partial charge in [-0.1, -0.05) is 6.07 Å². The van der Waals surface area contributed by atoms with Gasteiger partial charge in [0.1, 0.15) is 0 Å². The number of rotatable bonds is 3. The van der Waals surface area contributed by atoms with Crippen molar-refractivity contribution in [3.8, 4) is 0 Å². The Morgan fingerprint density at radius 3 is 2.63 bits per heavy atom. The fraction of sp³-hybridized carbons (Fsp3) is 0.562. The summed E-state index contributed by atoms with van der Waals surface area (Å²) in [5.74, 6) is 0.648. The SMILES string of the molecule is Cc1cc(C)cc(NC(=O)CC2CCCN(C)C2)c1. The number of likely N-dealkylation sites (tertiary alicyclic amines) is 1. The zero-order valence-corrected chi connectivity index (χ0v) is 12.2. The van der Waals surface area contributed by atoms with E-state index in [1.54, 1.807) is 0 Å². The topological polar surface area (TPSA) is 32.3 Å². The number of hydrogen-bond acceptors (Lipinski definition) is 2. The molecule has 1 atom stereocenters. The number of piperidine rings is 1. The molecule has 1 aromatic carbocycles. The summed E-state index contributed by atoms with van der Waals surface area (Å²) in [4.78, 5) is 14.4. The molecule has 0 spiro atoms. The normalized spacial score (nSPS) is 20.3. The summed E-state index contributed by atoms with van der Waals surface area (Å²) in [6.45, 7) is 6.31. The molecule has 1 aromatic rings. The van der Waals surface area contributed by atoms with E-state index >= 15 is 0 Å². The number of carbonyl (C=O) groups excluding carboxylic acids is 1. The predicted octanol–water partition coefficient (Wildman–Crippen LogP) is 2.97. The third-order valence-corrected chi connectivity index (χ3v) is 3.70. The van der Waals surface area contributed by atoms with Crippen LogP contribution < -0.4 is 5.32 Å². The van der Waals surface area contributed by atoms with Crippen LogP contribution in [-0.2, 0) is 4.79 Å². The zero-order chi connectivity index (χ0) is 13.8. The molecule has 1 N–H and O–H groups in total. The fourth-order valence-corrected chi connectivity index (χ4v) is 2.96. The summed E-state index contributed by atoms with van der Waals surface area (Å²) in [6, 6.07) is 6.17. The van der Waals surface area contributed by atoms with E-state index in [-0.39, 0.29) is 5.91 Å². The molecule has 0 aliphatic carbocycles. The highest BCUT2D eigenvalue weighted by molar-refractivity contribution is 5.91. The van der Waals surface area contributed by atoms with Crippen molar-refractivity contribution in [2.24, 2.45) is 5.92 Å². The molecule has 19 heavy (non-hydrogen) atoms. The first-order valence-electron chi connectivity index (χ1n) is 7.09. The van der Waals surface area contributed by atoms with E-state index in [1.165, 1.54) is 24.0 Å². The first kappa shape index (κ1) is 14.1. The maximum Gasteiger partial charge on any atom is 0.224 e. The second-order valence-electron chi connectivity index (χ2n) is 5.90. The highest BCUT2D eigenvalue weighted by Crippen LogP contribution is 2.20. The lowest BCUT2D eigenvalue weighted by Crippen LogP contribution is -2.34. The molecule has 1 saturated heterocycles. The van der Waals surface area contributed by atoms with E-state index in [2.05, 4.69) is 37.2 Å². The minimum absolute atomic E-state index is 0.144. The van der Waals surface area contributed by atoms with Crippen molar-refractivity contribution >= 4 is 11.6 Å². The zero-order valence-electron chi connectivity index (χ0n) is 12.2. The van der Waals surface area contributed by atoms with Gasteiger partial charge in [-0.3, -0.25) is 4.79 Å². The molecule has 0 aromatic heterocycles. The standard InChI is InChI=1S/C16H24N2O/c1-12-7-13(2)9-15(8-12)17-16(19)10-14-5-4-6-18(3)11-14/h7-9,14H,4-6,10-11H2,1-3H3,(H,17,19). The van der Waals surface area contributed by atoms with Gasteiger partial charge in [0.05, 0.1) is 0 Å². The largest absolute Gasteiger partial charge is 0.326 e. The molecule has 3 heteroatoms. The summed E-state index contributed by atoms with van der Waals surface area (Å²) in [5.41, 5.74) is 3.30. The summed E-state index contributed by atoms with van der Waals surface area (Å²) < 4.78 is 0. The molecule has 1 heterocycles. The Labute approximate surface area is 116 Å². The average Bonchev–Trinajstić information content (AvgIpc) is 2.26. The summed E-state index contributed by atoms with van der Waals surface area (Å²) in [6.07, 6.45) is 3.01. The van der Waals surface area contributed by atoms with Gasteiger partial charge in [-0.05, 0) is 69.5 Å². The van der Waals surface area contributed by atoms with E-state index in [4.69, 9.17) is 0 Å². The van der Waals surface area contributed by atoms with Gasteiger partial charge in [-0.2, -0.15) is 0 Å². The van der Waals surface area contributed by atoms with Crippen LogP contribution in [-0.4, -0.2) is 30.9 Å². The molecular weight excluding hydrogens is 236 g/mol. The minimum atomic E-state index is 0.144. The molecule has 3 nitrogen and oxygen atoms in total. The number of benzene rings is 1. The Balaban J connectivity index is 1.90. The van der Waals surface area contributed by atoms with Crippen molar-refractivity contribution < 1.29 is 4.79 Å². The molecule has 0 bridgehead atoms. The molecule has 2 rings (SSSR count). The van der Waals surface area contributed by atoms with Crippen molar-refractivity contribution in [3.63, 3.8) is 0 Å². The molecule has 1 aliphatic heterocycles. The molecule has 1 unspecified atom stereocenters. The lowest BCUT2D eigenvalue weighted by Gasteiger charge is -2.29. The molecule has 0 radical (unpaired) electrons. The smallest absolute Gasteiger partial charge is 0.224 e. The lowest BCUT2D eigenvalue weighted by molar-refractivity contribution is -0.117. The Bertz CT molecular complexity index is 436. The number of hydrogen-bond donors (Lipinski definition) is 1. The van der Waals surface area contributed by atoms with Gasteiger partial charge in [-0.25, -0.2) is 0 Å². The van der Waals surface area contributed by atoms with Gasteiger partial charge in [0.15, 0.2) is 0 Å². The Morgan fingerprint density at radius 2 is 2.00 bits per heavy atom. The quantitative estimate of drug-likeness (QED) is 0.906. The summed E-state index contributed by atoms with van der Waals surface area (Å²) in [7, 11) is 2.13. The van der Waals surface area contributed by atoms with E-state index in [1.807, 2.05) is 12.1 Å². The lowest BCUT2D eigenvalue weighted by atomic mass is 9.95. The minimum Gasteiger partial charge on any atom is -0.326 e. The predicted molar refractivity (Wildman–Crippen MR) is 79.4 cm³/mol. The van der Waals surface area contributed by atoms with Crippen LogP contribution in [0.25, 0.3) is 0 Å². The maximum atomic E-state index is 12.1. The Kier molecular flexibility index (Phi) is 4.59. The van der Waals surface area contributed by atoms with Crippen molar-refractivity contribution in [1.82, 2.24) is 4.90 Å². The van der Waals surface area contributed by atoms with Gasteiger partial charge in [0.25, 0.3) is 0 Å². The number of amides is 1. The monoisotopic (exact) mass is 260 g/mol. The molecule has 1 aliphatic rings. The van der Waals surface area contributed by atoms with Gasteiger partial charge in [0.2, 0.25) is 5.91 Å². The van der Waals surface area contributed by atoms with Gasteiger partial charge < -0.3 is 10.2 Å². The van der Waals surface area contributed by atoms with Gasteiger partial charge in [0, 0.05) is 18.7 Å². The van der Waals surface area contributed by atoms with Crippen LogP contribution in [0, 0.1) is 19.8 Å². The second kappa shape index (κ2) is 6.20. The van der Waals surface area contributed by atoms with Crippen LogP contribution in [0.15, 0.2) is 18.2 Å². The van der Waals surface area contributed by atoms with Gasteiger partial charge in [-0.15, -0.1) is 0 Å².